The van der Waals surface area contributed by atoms with E-state index in [2.05, 4.69) is 15.1 Å². The lowest BCUT2D eigenvalue weighted by molar-refractivity contribution is 0.0420. The Morgan fingerprint density at radius 3 is 2.59 bits per heavy atom. The van der Waals surface area contributed by atoms with E-state index in [0.717, 1.165) is 17.5 Å². The highest BCUT2D eigenvalue weighted by Gasteiger charge is 2.27. The first kappa shape index (κ1) is 17.4. The Bertz CT molecular complexity index is 1200. The fourth-order valence-electron chi connectivity index (χ4n) is 3.18. The molecule has 0 aliphatic carbocycles. The smallest absolute Gasteiger partial charge is 0.278 e. The SMILES string of the molecule is CCC(C)n1c(=O)c2c(-c3noc(C(C)(C)O)n3)ncn2c2ccccc21. The van der Waals surface area contributed by atoms with Gasteiger partial charge in [0, 0.05) is 6.04 Å². The van der Waals surface area contributed by atoms with E-state index >= 15 is 0 Å². The van der Waals surface area contributed by atoms with Gasteiger partial charge in [-0.1, -0.05) is 24.2 Å². The molecule has 0 aliphatic heterocycles. The highest BCUT2D eigenvalue weighted by Crippen LogP contribution is 2.26. The Morgan fingerprint density at radius 1 is 1.26 bits per heavy atom. The molecule has 1 atom stereocenters. The largest absolute Gasteiger partial charge is 0.381 e. The predicted molar refractivity (Wildman–Crippen MR) is 100 cm³/mol. The molecule has 1 N–H and O–H groups in total. The van der Waals surface area contributed by atoms with E-state index in [1.807, 2.05) is 38.1 Å². The van der Waals surface area contributed by atoms with Gasteiger partial charge in [0.05, 0.1) is 11.0 Å². The van der Waals surface area contributed by atoms with Crippen LogP contribution in [0, 0.1) is 0 Å². The summed E-state index contributed by atoms with van der Waals surface area (Å²) in [5, 5.41) is 14.0. The first-order valence-corrected chi connectivity index (χ1v) is 8.90. The van der Waals surface area contributed by atoms with Crippen molar-refractivity contribution in [1.82, 2.24) is 24.1 Å². The lowest BCUT2D eigenvalue weighted by atomic mass is 10.1. The van der Waals surface area contributed by atoms with Gasteiger partial charge in [-0.15, -0.1) is 0 Å². The number of fused-ring (bicyclic) bond motifs is 3. The Labute approximate surface area is 155 Å². The van der Waals surface area contributed by atoms with Crippen LogP contribution in [0.25, 0.3) is 28.1 Å². The summed E-state index contributed by atoms with van der Waals surface area (Å²) in [5.41, 5.74) is 1.00. The van der Waals surface area contributed by atoms with Crippen molar-refractivity contribution in [3.63, 3.8) is 0 Å². The van der Waals surface area contributed by atoms with Crippen LogP contribution in [0.1, 0.15) is 46.0 Å². The molecule has 0 saturated heterocycles. The normalized spacial score (nSPS) is 13.5. The zero-order valence-corrected chi connectivity index (χ0v) is 15.7. The van der Waals surface area contributed by atoms with E-state index in [1.54, 1.807) is 29.1 Å². The molecule has 0 saturated carbocycles. The summed E-state index contributed by atoms with van der Waals surface area (Å²) in [6, 6.07) is 7.74. The fourth-order valence-corrected chi connectivity index (χ4v) is 3.18. The summed E-state index contributed by atoms with van der Waals surface area (Å²) < 4.78 is 8.70. The minimum absolute atomic E-state index is 0.0207. The molecule has 3 aromatic heterocycles. The van der Waals surface area contributed by atoms with Crippen LogP contribution >= 0.6 is 0 Å². The van der Waals surface area contributed by atoms with E-state index in [-0.39, 0.29) is 23.3 Å². The molecule has 8 heteroatoms. The second kappa shape index (κ2) is 6.02. The summed E-state index contributed by atoms with van der Waals surface area (Å²) in [4.78, 5) is 22.0. The number of hydrogen-bond acceptors (Lipinski definition) is 6. The summed E-state index contributed by atoms with van der Waals surface area (Å²) in [6.07, 6.45) is 2.41. The molecule has 3 heterocycles. The molecule has 0 bridgehead atoms. The summed E-state index contributed by atoms with van der Waals surface area (Å²) in [7, 11) is 0. The molecule has 0 radical (unpaired) electrons. The van der Waals surface area contributed by atoms with Crippen molar-refractivity contribution in [2.75, 3.05) is 0 Å². The number of aromatic nitrogens is 5. The molecular formula is C19H21N5O3. The van der Waals surface area contributed by atoms with Gasteiger partial charge < -0.3 is 14.2 Å². The van der Waals surface area contributed by atoms with Crippen molar-refractivity contribution < 1.29 is 9.63 Å². The van der Waals surface area contributed by atoms with Crippen LogP contribution in [0.15, 0.2) is 39.9 Å². The van der Waals surface area contributed by atoms with Crippen LogP contribution in [0.3, 0.4) is 0 Å². The van der Waals surface area contributed by atoms with Crippen molar-refractivity contribution in [3.05, 3.63) is 46.8 Å². The van der Waals surface area contributed by atoms with Gasteiger partial charge in [0.1, 0.15) is 23.1 Å². The molecule has 4 rings (SSSR count). The molecule has 27 heavy (non-hydrogen) atoms. The minimum Gasteiger partial charge on any atom is -0.381 e. The number of benzene rings is 1. The number of imidazole rings is 1. The van der Waals surface area contributed by atoms with Crippen molar-refractivity contribution in [2.45, 2.75) is 45.8 Å². The first-order valence-electron chi connectivity index (χ1n) is 8.90. The zero-order valence-electron chi connectivity index (χ0n) is 15.7. The van der Waals surface area contributed by atoms with Crippen LogP contribution in [-0.4, -0.2) is 29.2 Å². The number of para-hydroxylation sites is 2. The van der Waals surface area contributed by atoms with Gasteiger partial charge in [-0.2, -0.15) is 4.98 Å². The van der Waals surface area contributed by atoms with E-state index < -0.39 is 5.60 Å². The molecule has 1 unspecified atom stereocenters. The van der Waals surface area contributed by atoms with Crippen LogP contribution < -0.4 is 5.56 Å². The Kier molecular flexibility index (Phi) is 3.88. The van der Waals surface area contributed by atoms with Gasteiger partial charge in [0.15, 0.2) is 0 Å². The van der Waals surface area contributed by atoms with Gasteiger partial charge in [-0.25, -0.2) is 4.98 Å². The van der Waals surface area contributed by atoms with Crippen LogP contribution in [0.5, 0.6) is 0 Å². The third kappa shape index (κ3) is 2.64. The molecule has 8 nitrogen and oxygen atoms in total. The number of nitrogens with zero attached hydrogens (tertiary/aromatic N) is 5. The van der Waals surface area contributed by atoms with Crippen LogP contribution in [0.2, 0.25) is 0 Å². The first-order chi connectivity index (χ1) is 12.8. The van der Waals surface area contributed by atoms with Crippen molar-refractivity contribution in [1.29, 1.82) is 0 Å². The van der Waals surface area contributed by atoms with Gasteiger partial charge in [-0.3, -0.25) is 9.20 Å². The second-order valence-electron chi connectivity index (χ2n) is 7.22. The third-order valence-electron chi connectivity index (χ3n) is 4.78. The molecule has 1 aromatic carbocycles. The molecule has 0 spiro atoms. The molecule has 0 aliphatic rings. The molecule has 0 amide bonds. The molecule has 4 aromatic rings. The zero-order chi connectivity index (χ0) is 19.3. The maximum Gasteiger partial charge on any atom is 0.278 e. The van der Waals surface area contributed by atoms with Crippen molar-refractivity contribution in [2.24, 2.45) is 0 Å². The highest BCUT2D eigenvalue weighted by molar-refractivity contribution is 5.83. The minimum atomic E-state index is -1.27. The monoisotopic (exact) mass is 367 g/mol. The topological polar surface area (TPSA) is 98.5 Å². The molecular weight excluding hydrogens is 346 g/mol. The number of hydrogen-bond donors (Lipinski definition) is 1. The Morgan fingerprint density at radius 2 is 1.96 bits per heavy atom. The summed E-state index contributed by atoms with van der Waals surface area (Å²) in [5.74, 6) is 0.249. The maximum atomic E-state index is 13.4. The maximum absolute atomic E-state index is 13.4. The lowest BCUT2D eigenvalue weighted by Crippen LogP contribution is -2.25. The van der Waals surface area contributed by atoms with Crippen LogP contribution in [0.4, 0.5) is 0 Å². The average Bonchev–Trinajstić information content (AvgIpc) is 3.28. The average molecular weight is 367 g/mol. The predicted octanol–water partition coefficient (Wildman–Crippen LogP) is 2.90. The summed E-state index contributed by atoms with van der Waals surface area (Å²) >= 11 is 0. The quantitative estimate of drug-likeness (QED) is 0.595. The van der Waals surface area contributed by atoms with Gasteiger partial charge >= 0.3 is 0 Å². The van der Waals surface area contributed by atoms with Crippen molar-refractivity contribution in [3.8, 4) is 11.5 Å². The highest BCUT2D eigenvalue weighted by atomic mass is 16.5. The number of rotatable bonds is 4. The number of aliphatic hydroxyl groups is 1. The van der Waals surface area contributed by atoms with Crippen molar-refractivity contribution >= 4 is 16.6 Å². The fraction of sp³-hybridized carbons (Fsp3) is 0.368. The van der Waals surface area contributed by atoms with E-state index in [0.29, 0.717) is 11.2 Å². The summed E-state index contributed by atoms with van der Waals surface area (Å²) in [6.45, 7) is 7.17. The van der Waals surface area contributed by atoms with Gasteiger partial charge in [-0.05, 0) is 39.3 Å². The Balaban J connectivity index is 2.07. The molecule has 0 fully saturated rings. The van der Waals surface area contributed by atoms with Gasteiger partial charge in [0.2, 0.25) is 5.82 Å². The van der Waals surface area contributed by atoms with E-state index in [4.69, 9.17) is 4.52 Å². The van der Waals surface area contributed by atoms with E-state index in [1.165, 1.54) is 0 Å². The third-order valence-corrected chi connectivity index (χ3v) is 4.78. The van der Waals surface area contributed by atoms with Crippen LogP contribution in [-0.2, 0) is 5.60 Å². The Hall–Kier alpha value is -3.00. The standard InChI is InChI=1S/C19H21N5O3/c1-5-11(2)24-13-9-7-6-8-12(13)23-10-20-14(15(23)17(24)25)16-21-18(27-22-16)19(3,4)26/h6-11,26H,5H2,1-4H3. The van der Waals surface area contributed by atoms with Gasteiger partial charge in [0.25, 0.3) is 11.4 Å². The van der Waals surface area contributed by atoms with E-state index in [9.17, 15) is 9.90 Å². The molecule has 140 valence electrons. The second-order valence-corrected chi connectivity index (χ2v) is 7.22. The lowest BCUT2D eigenvalue weighted by Gasteiger charge is -2.17.